The van der Waals surface area contributed by atoms with Crippen LogP contribution in [-0.2, 0) is 0 Å². The second-order valence-electron chi connectivity index (χ2n) is 2.13. The van der Waals surface area contributed by atoms with Gasteiger partial charge in [0.25, 0.3) is 0 Å². The first-order valence-corrected chi connectivity index (χ1v) is 3.44. The minimum Gasteiger partial charge on any atom is -0.493 e. The van der Waals surface area contributed by atoms with Gasteiger partial charge in [0.15, 0.2) is 0 Å². The van der Waals surface area contributed by atoms with Gasteiger partial charge in [-0.25, -0.2) is 0 Å². The van der Waals surface area contributed by atoms with Crippen molar-refractivity contribution in [3.8, 4) is 5.75 Å². The molecule has 0 aliphatic rings. The molecule has 0 N–H and O–H groups in total. The molecule has 53 valence electrons. The Morgan fingerprint density at radius 3 is 2.90 bits per heavy atom. The lowest BCUT2D eigenvalue weighted by atomic mass is 10.2. The summed E-state index contributed by atoms with van der Waals surface area (Å²) < 4.78 is 5.23. The van der Waals surface area contributed by atoms with Crippen molar-refractivity contribution in [3.63, 3.8) is 0 Å². The van der Waals surface area contributed by atoms with Gasteiger partial charge in [0.2, 0.25) is 0 Å². The van der Waals surface area contributed by atoms with Crippen LogP contribution in [0.1, 0.15) is 12.5 Å². The third-order valence-electron chi connectivity index (χ3n) is 1.21. The second kappa shape index (κ2) is 3.25. The fraction of sp³-hybridized carbons (Fsp3) is 0.333. The van der Waals surface area contributed by atoms with Crippen molar-refractivity contribution in [3.05, 3.63) is 29.8 Å². The smallest absolute Gasteiger partial charge is 0.127 e. The number of rotatable bonds is 2. The Morgan fingerprint density at radius 1 is 1.50 bits per heavy atom. The highest BCUT2D eigenvalue weighted by Crippen LogP contribution is 2.10. The maximum atomic E-state index is 5.23. The lowest BCUT2D eigenvalue weighted by Gasteiger charge is -2.01. The fourth-order valence-electron chi connectivity index (χ4n) is 0.797. The number of ether oxygens (including phenoxy) is 1. The summed E-state index contributed by atoms with van der Waals surface area (Å²) in [6.45, 7) is 4.68. The molecule has 0 aliphatic heterocycles. The first kappa shape index (κ1) is 7.13. The second-order valence-corrected chi connectivity index (χ2v) is 2.13. The molecule has 0 fully saturated rings. The van der Waals surface area contributed by atoms with E-state index in [9.17, 15) is 0 Å². The van der Waals surface area contributed by atoms with Gasteiger partial charge < -0.3 is 4.74 Å². The van der Waals surface area contributed by atoms with E-state index in [0.29, 0.717) is 6.61 Å². The van der Waals surface area contributed by atoms with Crippen LogP contribution in [-0.4, -0.2) is 6.61 Å². The molecule has 0 saturated carbocycles. The largest absolute Gasteiger partial charge is 0.493 e. The highest BCUT2D eigenvalue weighted by atomic mass is 16.5. The average molecular weight is 135 g/mol. The quantitative estimate of drug-likeness (QED) is 0.604. The van der Waals surface area contributed by atoms with E-state index < -0.39 is 0 Å². The van der Waals surface area contributed by atoms with E-state index in [1.165, 1.54) is 0 Å². The maximum absolute atomic E-state index is 5.23. The monoisotopic (exact) mass is 135 g/mol. The molecule has 0 unspecified atom stereocenters. The Balaban J connectivity index is 2.75. The van der Waals surface area contributed by atoms with E-state index in [2.05, 4.69) is 6.07 Å². The standard InChI is InChI=1S/C9H11O/c1-3-10-9-6-4-5-8(2)7-9/h4-6H,3H2,1-2H3. The molecule has 1 rings (SSSR count). The van der Waals surface area contributed by atoms with Gasteiger partial charge in [0.05, 0.1) is 6.61 Å². The first-order chi connectivity index (χ1) is 4.83. The summed E-state index contributed by atoms with van der Waals surface area (Å²) in [5, 5.41) is 0. The van der Waals surface area contributed by atoms with Crippen LogP contribution < -0.4 is 4.74 Å². The average Bonchev–Trinajstić information content (AvgIpc) is 1.88. The van der Waals surface area contributed by atoms with Gasteiger partial charge in [-0.2, -0.15) is 0 Å². The van der Waals surface area contributed by atoms with E-state index in [-0.39, 0.29) is 0 Å². The summed E-state index contributed by atoms with van der Waals surface area (Å²) in [5.74, 6) is 0.836. The topological polar surface area (TPSA) is 9.23 Å². The lowest BCUT2D eigenvalue weighted by Crippen LogP contribution is -1.90. The SMILES string of the molecule is CCOc1[c]c(C)ccc1. The summed E-state index contributed by atoms with van der Waals surface area (Å²) in [6.07, 6.45) is 0. The van der Waals surface area contributed by atoms with Crippen molar-refractivity contribution in [1.82, 2.24) is 0 Å². The van der Waals surface area contributed by atoms with Gasteiger partial charge in [-0.3, -0.25) is 0 Å². The third-order valence-corrected chi connectivity index (χ3v) is 1.21. The Morgan fingerprint density at radius 2 is 2.30 bits per heavy atom. The van der Waals surface area contributed by atoms with Crippen molar-refractivity contribution in [1.29, 1.82) is 0 Å². The molecule has 1 heteroatoms. The molecule has 1 radical (unpaired) electrons. The van der Waals surface area contributed by atoms with E-state index in [1.807, 2.05) is 32.0 Å². The number of benzene rings is 1. The molecule has 0 bridgehead atoms. The van der Waals surface area contributed by atoms with Crippen LogP contribution in [0.25, 0.3) is 0 Å². The zero-order valence-corrected chi connectivity index (χ0v) is 6.35. The van der Waals surface area contributed by atoms with Gasteiger partial charge in [0, 0.05) is 6.07 Å². The molecule has 0 aliphatic carbocycles. The van der Waals surface area contributed by atoms with Crippen molar-refractivity contribution in [2.24, 2.45) is 0 Å². The van der Waals surface area contributed by atoms with Crippen molar-refractivity contribution in [2.45, 2.75) is 13.8 Å². The molecular weight excluding hydrogens is 124 g/mol. The first-order valence-electron chi connectivity index (χ1n) is 3.44. The van der Waals surface area contributed by atoms with E-state index in [1.54, 1.807) is 0 Å². The Labute approximate surface area is 61.6 Å². The molecule has 1 aromatic carbocycles. The van der Waals surface area contributed by atoms with Gasteiger partial charge in [-0.1, -0.05) is 12.1 Å². The van der Waals surface area contributed by atoms with E-state index in [4.69, 9.17) is 4.74 Å². The van der Waals surface area contributed by atoms with Crippen LogP contribution in [0.15, 0.2) is 18.2 Å². The fourth-order valence-corrected chi connectivity index (χ4v) is 0.797. The lowest BCUT2D eigenvalue weighted by molar-refractivity contribution is 0.339. The zero-order chi connectivity index (χ0) is 7.40. The number of hydrogen-bond acceptors (Lipinski definition) is 1. The normalized spacial score (nSPS) is 9.40. The molecule has 0 heterocycles. The predicted octanol–water partition coefficient (Wildman–Crippen LogP) is 2.19. The molecule has 0 spiro atoms. The minimum absolute atomic E-state index is 0.708. The molecule has 1 aromatic rings. The minimum atomic E-state index is 0.708. The highest BCUT2D eigenvalue weighted by molar-refractivity contribution is 5.25. The van der Waals surface area contributed by atoms with Crippen LogP contribution in [0, 0.1) is 13.0 Å². The molecule has 1 nitrogen and oxygen atoms in total. The predicted molar refractivity (Wildman–Crippen MR) is 41.2 cm³/mol. The van der Waals surface area contributed by atoms with Crippen molar-refractivity contribution < 1.29 is 4.74 Å². The summed E-state index contributed by atoms with van der Waals surface area (Å²) >= 11 is 0. The van der Waals surface area contributed by atoms with Crippen molar-refractivity contribution >= 4 is 0 Å². The Kier molecular flexibility index (Phi) is 2.32. The molecule has 0 atom stereocenters. The van der Waals surface area contributed by atoms with Crippen LogP contribution in [0.4, 0.5) is 0 Å². The molecule has 0 saturated heterocycles. The highest BCUT2D eigenvalue weighted by Gasteiger charge is 1.90. The van der Waals surface area contributed by atoms with Gasteiger partial charge in [-0.15, -0.1) is 0 Å². The zero-order valence-electron chi connectivity index (χ0n) is 6.35. The Bertz CT molecular complexity index is 206. The number of hydrogen-bond donors (Lipinski definition) is 0. The van der Waals surface area contributed by atoms with Gasteiger partial charge in [0.1, 0.15) is 5.75 Å². The summed E-state index contributed by atoms with van der Waals surface area (Å²) in [6, 6.07) is 8.97. The van der Waals surface area contributed by atoms with E-state index in [0.717, 1.165) is 11.3 Å². The third kappa shape index (κ3) is 1.76. The number of aryl methyl sites for hydroxylation is 1. The summed E-state index contributed by atoms with van der Waals surface area (Å²) in [4.78, 5) is 0. The van der Waals surface area contributed by atoms with Crippen LogP contribution >= 0.6 is 0 Å². The molecular formula is C9H11O. The maximum Gasteiger partial charge on any atom is 0.127 e. The van der Waals surface area contributed by atoms with Crippen molar-refractivity contribution in [2.75, 3.05) is 6.61 Å². The van der Waals surface area contributed by atoms with Crippen LogP contribution in [0.5, 0.6) is 5.75 Å². The molecule has 0 aromatic heterocycles. The Hall–Kier alpha value is -0.980. The summed E-state index contributed by atoms with van der Waals surface area (Å²) in [7, 11) is 0. The van der Waals surface area contributed by atoms with Crippen LogP contribution in [0.2, 0.25) is 0 Å². The molecule has 0 amide bonds. The van der Waals surface area contributed by atoms with Crippen LogP contribution in [0.3, 0.4) is 0 Å². The summed E-state index contributed by atoms with van der Waals surface area (Å²) in [5.41, 5.74) is 1.12. The van der Waals surface area contributed by atoms with Gasteiger partial charge in [-0.05, 0) is 25.5 Å². The molecule has 10 heavy (non-hydrogen) atoms. The van der Waals surface area contributed by atoms with Gasteiger partial charge >= 0.3 is 0 Å². The van der Waals surface area contributed by atoms with E-state index >= 15 is 0 Å².